The summed E-state index contributed by atoms with van der Waals surface area (Å²) < 4.78 is 0. The van der Waals surface area contributed by atoms with Crippen LogP contribution in [0, 0.1) is 0 Å². The number of fused-ring (bicyclic) bond motifs is 1. The first-order valence-electron chi connectivity index (χ1n) is 6.90. The van der Waals surface area contributed by atoms with Crippen molar-refractivity contribution in [2.24, 2.45) is 0 Å². The Bertz CT molecular complexity index is 408. The summed E-state index contributed by atoms with van der Waals surface area (Å²) >= 11 is 0. The highest BCUT2D eigenvalue weighted by Gasteiger charge is 2.21. The summed E-state index contributed by atoms with van der Waals surface area (Å²) in [4.78, 5) is 0. The number of rotatable bonds is 1. The van der Waals surface area contributed by atoms with Crippen LogP contribution in [-0.2, 0) is 12.8 Å². The fraction of sp³-hybridized carbons (Fsp3) is 0.600. The third kappa shape index (κ3) is 2.19. The number of phenolic OH excluding ortho intramolecular Hbond substituents is 1. The van der Waals surface area contributed by atoms with Gasteiger partial charge in [0.1, 0.15) is 5.75 Å². The molecule has 2 N–H and O–H groups in total. The maximum Gasteiger partial charge on any atom is 0.119 e. The van der Waals surface area contributed by atoms with Gasteiger partial charge in [0.2, 0.25) is 0 Å². The van der Waals surface area contributed by atoms with E-state index in [0.717, 1.165) is 19.5 Å². The van der Waals surface area contributed by atoms with Crippen LogP contribution in [-0.4, -0.2) is 18.2 Å². The summed E-state index contributed by atoms with van der Waals surface area (Å²) in [6.45, 7) is 2.15. The SMILES string of the molecule is Oc1cc2c(cc1C1CCCNC1)CCCC2. The lowest BCUT2D eigenvalue weighted by Crippen LogP contribution is -2.28. The molecule has 1 saturated heterocycles. The zero-order valence-corrected chi connectivity index (χ0v) is 10.3. The average Bonchev–Trinajstić information content (AvgIpc) is 2.39. The Kier molecular flexibility index (Phi) is 3.06. The van der Waals surface area contributed by atoms with Gasteiger partial charge in [-0.1, -0.05) is 6.07 Å². The van der Waals surface area contributed by atoms with E-state index in [1.807, 2.05) is 6.07 Å². The molecule has 2 nitrogen and oxygen atoms in total. The number of benzene rings is 1. The molecule has 3 rings (SSSR count). The molecule has 1 aliphatic heterocycles. The van der Waals surface area contributed by atoms with Crippen LogP contribution in [0.1, 0.15) is 48.3 Å². The summed E-state index contributed by atoms with van der Waals surface area (Å²) in [6.07, 6.45) is 7.35. The Hall–Kier alpha value is -1.02. The van der Waals surface area contributed by atoms with E-state index < -0.39 is 0 Å². The summed E-state index contributed by atoms with van der Waals surface area (Å²) in [5.74, 6) is 1.04. The van der Waals surface area contributed by atoms with Crippen molar-refractivity contribution < 1.29 is 5.11 Å². The van der Waals surface area contributed by atoms with E-state index >= 15 is 0 Å². The predicted octanol–water partition coefficient (Wildman–Crippen LogP) is 2.74. The maximum atomic E-state index is 10.2. The fourth-order valence-electron chi connectivity index (χ4n) is 3.24. The molecule has 17 heavy (non-hydrogen) atoms. The van der Waals surface area contributed by atoms with E-state index in [9.17, 15) is 5.11 Å². The lowest BCUT2D eigenvalue weighted by atomic mass is 9.84. The van der Waals surface area contributed by atoms with E-state index in [2.05, 4.69) is 11.4 Å². The molecule has 1 heterocycles. The first-order valence-corrected chi connectivity index (χ1v) is 6.90. The Labute approximate surface area is 103 Å². The van der Waals surface area contributed by atoms with Crippen LogP contribution in [0.25, 0.3) is 0 Å². The van der Waals surface area contributed by atoms with Crippen molar-refractivity contribution in [1.29, 1.82) is 0 Å². The summed E-state index contributed by atoms with van der Waals surface area (Å²) in [5.41, 5.74) is 4.04. The van der Waals surface area contributed by atoms with Gasteiger partial charge in [-0.05, 0) is 67.8 Å². The lowest BCUT2D eigenvalue weighted by Gasteiger charge is -2.26. The second-order valence-corrected chi connectivity index (χ2v) is 5.43. The first kappa shape index (κ1) is 11.1. The Morgan fingerprint density at radius 2 is 1.82 bits per heavy atom. The molecule has 92 valence electrons. The normalized spacial score (nSPS) is 24.4. The van der Waals surface area contributed by atoms with E-state index in [1.54, 1.807) is 0 Å². The van der Waals surface area contributed by atoms with Gasteiger partial charge in [0, 0.05) is 12.5 Å². The van der Waals surface area contributed by atoms with Crippen LogP contribution in [0.2, 0.25) is 0 Å². The second-order valence-electron chi connectivity index (χ2n) is 5.43. The molecule has 0 aromatic heterocycles. The van der Waals surface area contributed by atoms with Gasteiger partial charge < -0.3 is 10.4 Å². The minimum Gasteiger partial charge on any atom is -0.508 e. The van der Waals surface area contributed by atoms with Crippen molar-refractivity contribution in [2.75, 3.05) is 13.1 Å². The topological polar surface area (TPSA) is 32.3 Å². The van der Waals surface area contributed by atoms with E-state index in [0.29, 0.717) is 11.7 Å². The number of aryl methyl sites for hydroxylation is 2. The predicted molar refractivity (Wildman–Crippen MR) is 69.6 cm³/mol. The molecule has 0 bridgehead atoms. The number of nitrogens with one attached hydrogen (secondary N) is 1. The Morgan fingerprint density at radius 1 is 1.06 bits per heavy atom. The quantitative estimate of drug-likeness (QED) is 0.779. The van der Waals surface area contributed by atoms with Crippen molar-refractivity contribution >= 4 is 0 Å². The summed E-state index contributed by atoms with van der Waals surface area (Å²) in [5, 5.41) is 13.6. The van der Waals surface area contributed by atoms with E-state index in [4.69, 9.17) is 0 Å². The number of piperidine rings is 1. The van der Waals surface area contributed by atoms with Gasteiger partial charge in [0.05, 0.1) is 0 Å². The van der Waals surface area contributed by atoms with Gasteiger partial charge in [-0.3, -0.25) is 0 Å². The van der Waals surface area contributed by atoms with Gasteiger partial charge in [0.25, 0.3) is 0 Å². The number of hydrogen-bond acceptors (Lipinski definition) is 2. The van der Waals surface area contributed by atoms with Crippen molar-refractivity contribution in [3.8, 4) is 5.75 Å². The molecule has 1 unspecified atom stereocenters. The van der Waals surface area contributed by atoms with Gasteiger partial charge in [-0.2, -0.15) is 0 Å². The van der Waals surface area contributed by atoms with Gasteiger partial charge >= 0.3 is 0 Å². The highest BCUT2D eigenvalue weighted by Crippen LogP contribution is 2.35. The van der Waals surface area contributed by atoms with Gasteiger partial charge in [0.15, 0.2) is 0 Å². The van der Waals surface area contributed by atoms with Crippen molar-refractivity contribution in [1.82, 2.24) is 5.32 Å². The molecular weight excluding hydrogens is 210 g/mol. The highest BCUT2D eigenvalue weighted by atomic mass is 16.3. The van der Waals surface area contributed by atoms with Crippen molar-refractivity contribution in [3.05, 3.63) is 28.8 Å². The first-order chi connectivity index (χ1) is 8.34. The lowest BCUT2D eigenvalue weighted by molar-refractivity contribution is 0.424. The molecule has 0 spiro atoms. The molecule has 1 aromatic carbocycles. The Balaban J connectivity index is 1.93. The molecule has 0 radical (unpaired) electrons. The van der Waals surface area contributed by atoms with Crippen LogP contribution in [0.5, 0.6) is 5.75 Å². The van der Waals surface area contributed by atoms with Gasteiger partial charge in [-0.25, -0.2) is 0 Å². The van der Waals surface area contributed by atoms with Crippen LogP contribution >= 0.6 is 0 Å². The second kappa shape index (κ2) is 4.69. The molecule has 1 atom stereocenters. The van der Waals surface area contributed by atoms with E-state index in [-0.39, 0.29) is 0 Å². The molecule has 1 aliphatic carbocycles. The summed E-state index contributed by atoms with van der Waals surface area (Å²) in [6, 6.07) is 4.31. The van der Waals surface area contributed by atoms with Crippen LogP contribution < -0.4 is 5.32 Å². The minimum absolute atomic E-state index is 0.510. The number of phenols is 1. The van der Waals surface area contributed by atoms with Crippen molar-refractivity contribution in [2.45, 2.75) is 44.4 Å². The van der Waals surface area contributed by atoms with Gasteiger partial charge in [-0.15, -0.1) is 0 Å². The highest BCUT2D eigenvalue weighted by molar-refractivity contribution is 5.45. The van der Waals surface area contributed by atoms with E-state index in [1.165, 1.54) is 48.8 Å². The zero-order chi connectivity index (χ0) is 11.7. The molecule has 0 saturated carbocycles. The van der Waals surface area contributed by atoms with Crippen LogP contribution in [0.15, 0.2) is 12.1 Å². The summed E-state index contributed by atoms with van der Waals surface area (Å²) in [7, 11) is 0. The average molecular weight is 231 g/mol. The maximum absolute atomic E-state index is 10.2. The molecule has 1 aromatic rings. The third-order valence-corrected chi connectivity index (χ3v) is 4.23. The van der Waals surface area contributed by atoms with Crippen molar-refractivity contribution in [3.63, 3.8) is 0 Å². The third-order valence-electron chi connectivity index (χ3n) is 4.23. The molecular formula is C15H21NO. The molecule has 0 amide bonds. The zero-order valence-electron chi connectivity index (χ0n) is 10.3. The van der Waals surface area contributed by atoms with Crippen LogP contribution in [0.4, 0.5) is 0 Å². The fourth-order valence-corrected chi connectivity index (χ4v) is 3.24. The minimum atomic E-state index is 0.510. The molecule has 2 aliphatic rings. The number of hydrogen-bond donors (Lipinski definition) is 2. The molecule has 1 fully saturated rings. The largest absolute Gasteiger partial charge is 0.508 e. The molecule has 2 heteroatoms. The Morgan fingerprint density at radius 3 is 2.53 bits per heavy atom. The monoisotopic (exact) mass is 231 g/mol. The number of aromatic hydroxyl groups is 1. The van der Waals surface area contributed by atoms with Crippen LogP contribution in [0.3, 0.4) is 0 Å². The smallest absolute Gasteiger partial charge is 0.119 e. The standard InChI is InChI=1S/C15H21NO/c17-15-9-12-5-2-1-4-11(12)8-14(15)13-6-3-7-16-10-13/h8-9,13,16-17H,1-7,10H2.